The van der Waals surface area contributed by atoms with Gasteiger partial charge in [0, 0.05) is 5.69 Å². The van der Waals surface area contributed by atoms with Gasteiger partial charge < -0.3 is 5.32 Å². The molecule has 1 heterocycles. The average Bonchev–Trinajstić information content (AvgIpc) is 3.16. The van der Waals surface area contributed by atoms with Crippen molar-refractivity contribution in [3.05, 3.63) is 66.0 Å². The van der Waals surface area contributed by atoms with Crippen LogP contribution < -0.4 is 5.32 Å². The maximum absolute atomic E-state index is 12.3. The van der Waals surface area contributed by atoms with E-state index in [1.165, 1.54) is 24.7 Å². The second-order valence-corrected chi connectivity index (χ2v) is 5.95. The molecule has 0 saturated heterocycles. The summed E-state index contributed by atoms with van der Waals surface area (Å²) in [5.41, 5.74) is 3.84. The Labute approximate surface area is 146 Å². The van der Waals surface area contributed by atoms with E-state index in [9.17, 15) is 4.79 Å². The number of aryl methyl sites for hydroxylation is 1. The number of hydrogen-bond donors (Lipinski definition) is 1. The van der Waals surface area contributed by atoms with Crippen LogP contribution in [0.2, 0.25) is 0 Å². The first kappa shape index (κ1) is 16.8. The molecule has 0 spiro atoms. The lowest BCUT2D eigenvalue weighted by Crippen LogP contribution is -2.14. The average molecular weight is 335 g/mol. The molecular weight excluding hydrogens is 314 g/mol. The normalized spacial score (nSPS) is 10.6. The van der Waals surface area contributed by atoms with Gasteiger partial charge in [-0.2, -0.15) is 0 Å². The second kappa shape index (κ2) is 8.19. The third-order valence-corrected chi connectivity index (χ3v) is 3.95. The van der Waals surface area contributed by atoms with Crippen LogP contribution >= 0.6 is 0 Å². The van der Waals surface area contributed by atoms with Gasteiger partial charge in [-0.05, 0) is 52.6 Å². The summed E-state index contributed by atoms with van der Waals surface area (Å²) in [6, 6.07) is 15.7. The van der Waals surface area contributed by atoms with Gasteiger partial charge in [0.2, 0.25) is 5.91 Å². The molecule has 0 radical (unpaired) electrons. The molecule has 2 aromatic carbocycles. The maximum atomic E-state index is 12.3. The summed E-state index contributed by atoms with van der Waals surface area (Å²) < 4.78 is 1.55. The van der Waals surface area contributed by atoms with Crippen molar-refractivity contribution in [3.8, 4) is 5.69 Å². The number of amides is 1. The quantitative estimate of drug-likeness (QED) is 0.720. The highest BCUT2D eigenvalue weighted by molar-refractivity contribution is 5.92. The summed E-state index contributed by atoms with van der Waals surface area (Å²) >= 11 is 0. The molecule has 6 nitrogen and oxygen atoms in total. The molecule has 1 aromatic heterocycles. The first-order chi connectivity index (χ1) is 12.2. The lowest BCUT2D eigenvalue weighted by Gasteiger charge is -2.08. The molecule has 0 aliphatic carbocycles. The van der Waals surface area contributed by atoms with E-state index in [1.807, 2.05) is 36.4 Å². The Bertz CT molecular complexity index is 812. The van der Waals surface area contributed by atoms with Gasteiger partial charge in [-0.1, -0.05) is 43.7 Å². The first-order valence-electron chi connectivity index (χ1n) is 8.45. The van der Waals surface area contributed by atoms with Crippen LogP contribution in [-0.4, -0.2) is 26.1 Å². The first-order valence-corrected chi connectivity index (χ1v) is 8.45. The van der Waals surface area contributed by atoms with E-state index < -0.39 is 0 Å². The predicted octanol–water partition coefficient (Wildman–Crippen LogP) is 3.19. The second-order valence-electron chi connectivity index (χ2n) is 5.95. The molecule has 0 aliphatic heterocycles. The Hall–Kier alpha value is -3.02. The lowest BCUT2D eigenvalue weighted by molar-refractivity contribution is -0.115. The highest BCUT2D eigenvalue weighted by Crippen LogP contribution is 2.14. The van der Waals surface area contributed by atoms with Gasteiger partial charge in [-0.15, -0.1) is 5.10 Å². The highest BCUT2D eigenvalue weighted by Gasteiger charge is 2.06. The van der Waals surface area contributed by atoms with E-state index in [4.69, 9.17) is 0 Å². The third kappa shape index (κ3) is 4.73. The number of tetrazole rings is 1. The van der Waals surface area contributed by atoms with Crippen LogP contribution in [0.4, 0.5) is 5.69 Å². The van der Waals surface area contributed by atoms with Gasteiger partial charge in [-0.3, -0.25) is 4.79 Å². The number of anilines is 1. The van der Waals surface area contributed by atoms with Gasteiger partial charge in [-0.25, -0.2) is 4.68 Å². The maximum Gasteiger partial charge on any atom is 0.228 e. The smallest absolute Gasteiger partial charge is 0.228 e. The molecule has 0 bridgehead atoms. The molecule has 128 valence electrons. The van der Waals surface area contributed by atoms with Crippen molar-refractivity contribution in [2.75, 3.05) is 5.32 Å². The van der Waals surface area contributed by atoms with Gasteiger partial charge in [0.25, 0.3) is 0 Å². The van der Waals surface area contributed by atoms with Crippen molar-refractivity contribution in [3.63, 3.8) is 0 Å². The number of benzene rings is 2. The van der Waals surface area contributed by atoms with E-state index in [2.05, 4.69) is 39.9 Å². The minimum absolute atomic E-state index is 0.0461. The fraction of sp³-hybridized carbons (Fsp3) is 0.263. The van der Waals surface area contributed by atoms with E-state index in [-0.39, 0.29) is 5.91 Å². The summed E-state index contributed by atoms with van der Waals surface area (Å²) in [6.07, 6.45) is 5.34. The Kier molecular flexibility index (Phi) is 5.51. The van der Waals surface area contributed by atoms with Crippen LogP contribution in [0.25, 0.3) is 5.69 Å². The van der Waals surface area contributed by atoms with Crippen molar-refractivity contribution in [1.82, 2.24) is 20.2 Å². The summed E-state index contributed by atoms with van der Waals surface area (Å²) in [6.45, 7) is 2.19. The number of nitrogens with zero attached hydrogens (tertiary/aromatic N) is 4. The van der Waals surface area contributed by atoms with Gasteiger partial charge in [0.1, 0.15) is 6.33 Å². The van der Waals surface area contributed by atoms with Crippen molar-refractivity contribution in [2.24, 2.45) is 0 Å². The molecule has 0 saturated carbocycles. The number of nitrogens with one attached hydrogen (secondary N) is 1. The molecule has 6 heteroatoms. The zero-order valence-corrected chi connectivity index (χ0v) is 14.2. The monoisotopic (exact) mass is 335 g/mol. The number of carbonyl (C=O) groups excluding carboxylic acids is 1. The Morgan fingerprint density at radius 3 is 2.64 bits per heavy atom. The number of aromatic nitrogens is 4. The van der Waals surface area contributed by atoms with Crippen LogP contribution in [-0.2, 0) is 17.6 Å². The van der Waals surface area contributed by atoms with E-state index >= 15 is 0 Å². The third-order valence-electron chi connectivity index (χ3n) is 3.95. The minimum Gasteiger partial charge on any atom is -0.326 e. The SMILES string of the molecule is CCCCc1ccc(CC(=O)Nc2cccc(-n3cnnn3)c2)cc1. The molecule has 1 N–H and O–H groups in total. The van der Waals surface area contributed by atoms with Gasteiger partial charge in [0.15, 0.2) is 0 Å². The Balaban J connectivity index is 1.60. The fourth-order valence-electron chi connectivity index (χ4n) is 2.60. The van der Waals surface area contributed by atoms with Gasteiger partial charge >= 0.3 is 0 Å². The van der Waals surface area contributed by atoms with Crippen molar-refractivity contribution in [2.45, 2.75) is 32.6 Å². The topological polar surface area (TPSA) is 72.7 Å². The summed E-state index contributed by atoms with van der Waals surface area (Å²) in [4.78, 5) is 12.3. The van der Waals surface area contributed by atoms with Crippen LogP contribution in [0.1, 0.15) is 30.9 Å². The number of rotatable bonds is 7. The molecule has 3 aromatic rings. The number of carbonyl (C=O) groups is 1. The molecule has 25 heavy (non-hydrogen) atoms. The molecule has 0 aliphatic rings. The van der Waals surface area contributed by atoms with Crippen molar-refractivity contribution < 1.29 is 4.79 Å². The van der Waals surface area contributed by atoms with E-state index in [0.29, 0.717) is 6.42 Å². The standard InChI is InChI=1S/C19H21N5O/c1-2-3-5-15-8-10-16(11-9-15)12-19(25)21-17-6-4-7-18(13-17)24-14-20-22-23-24/h4,6-11,13-14H,2-3,5,12H2,1H3,(H,21,25). The number of unbranched alkanes of at least 4 members (excludes halogenated alkanes) is 1. The molecular formula is C19H21N5O. The predicted molar refractivity (Wildman–Crippen MR) is 96.5 cm³/mol. The Morgan fingerprint density at radius 2 is 1.92 bits per heavy atom. The van der Waals surface area contributed by atoms with Crippen LogP contribution in [0.3, 0.4) is 0 Å². The zero-order valence-electron chi connectivity index (χ0n) is 14.2. The molecule has 1 amide bonds. The molecule has 3 rings (SSSR count). The molecule has 0 fully saturated rings. The van der Waals surface area contributed by atoms with Crippen LogP contribution in [0.5, 0.6) is 0 Å². The summed E-state index contributed by atoms with van der Waals surface area (Å²) in [7, 11) is 0. The van der Waals surface area contributed by atoms with Crippen molar-refractivity contribution in [1.29, 1.82) is 0 Å². The van der Waals surface area contributed by atoms with E-state index in [0.717, 1.165) is 23.4 Å². The van der Waals surface area contributed by atoms with E-state index in [1.54, 1.807) is 4.68 Å². The summed E-state index contributed by atoms with van der Waals surface area (Å²) in [5.74, 6) is -0.0461. The number of hydrogen-bond acceptors (Lipinski definition) is 4. The molecule has 0 unspecified atom stereocenters. The van der Waals surface area contributed by atoms with Crippen LogP contribution in [0, 0.1) is 0 Å². The lowest BCUT2D eigenvalue weighted by atomic mass is 10.0. The Morgan fingerprint density at radius 1 is 1.12 bits per heavy atom. The highest BCUT2D eigenvalue weighted by atomic mass is 16.1. The van der Waals surface area contributed by atoms with Gasteiger partial charge in [0.05, 0.1) is 12.1 Å². The summed E-state index contributed by atoms with van der Waals surface area (Å²) in [5, 5.41) is 14.0. The largest absolute Gasteiger partial charge is 0.326 e. The molecule has 0 atom stereocenters. The van der Waals surface area contributed by atoms with Crippen LogP contribution in [0.15, 0.2) is 54.9 Å². The minimum atomic E-state index is -0.0461. The zero-order chi connectivity index (χ0) is 17.5. The fourth-order valence-corrected chi connectivity index (χ4v) is 2.60. The van der Waals surface area contributed by atoms with Crippen molar-refractivity contribution >= 4 is 11.6 Å².